The molecule has 0 saturated carbocycles. The van der Waals surface area contributed by atoms with Crippen LogP contribution in [0.3, 0.4) is 0 Å². The van der Waals surface area contributed by atoms with Crippen LogP contribution in [0.25, 0.3) is 0 Å². The molecule has 2 aromatic rings. The van der Waals surface area contributed by atoms with E-state index < -0.39 is 0 Å². The number of pyridine rings is 1. The van der Waals surface area contributed by atoms with E-state index in [9.17, 15) is 0 Å². The van der Waals surface area contributed by atoms with E-state index in [4.69, 9.17) is 0 Å². The predicted molar refractivity (Wildman–Crippen MR) is 84.4 cm³/mol. The van der Waals surface area contributed by atoms with Gasteiger partial charge in [-0.05, 0) is 24.6 Å². The number of hydrogen-bond donors (Lipinski definition) is 1. The lowest BCUT2D eigenvalue weighted by Gasteiger charge is -2.36. The maximum absolute atomic E-state index is 4.58. The summed E-state index contributed by atoms with van der Waals surface area (Å²) in [6.07, 6.45) is 3.74. The normalized spacial score (nSPS) is 19.6. The van der Waals surface area contributed by atoms with Crippen molar-refractivity contribution in [1.29, 1.82) is 0 Å². The lowest BCUT2D eigenvalue weighted by molar-refractivity contribution is 0.152. The van der Waals surface area contributed by atoms with Gasteiger partial charge in [-0.1, -0.05) is 0 Å². The maximum atomic E-state index is 4.58. The summed E-state index contributed by atoms with van der Waals surface area (Å²) >= 11 is 1.73. The molecule has 0 radical (unpaired) electrons. The predicted octanol–water partition coefficient (Wildman–Crippen LogP) is 2.41. The molecular weight excluding hydrogens is 292 g/mol. The topological polar surface area (TPSA) is 41.1 Å². The first-order valence-corrected chi connectivity index (χ1v) is 7.46. The van der Waals surface area contributed by atoms with Crippen molar-refractivity contribution in [2.75, 3.05) is 19.6 Å². The highest BCUT2D eigenvalue weighted by molar-refractivity contribution is 7.09. The van der Waals surface area contributed by atoms with Gasteiger partial charge in [0.2, 0.25) is 0 Å². The van der Waals surface area contributed by atoms with E-state index in [1.165, 1.54) is 11.3 Å². The van der Waals surface area contributed by atoms with Gasteiger partial charge in [0.05, 0.1) is 10.7 Å². The zero-order valence-electron chi connectivity index (χ0n) is 11.5. The van der Waals surface area contributed by atoms with Gasteiger partial charge in [0.1, 0.15) is 0 Å². The summed E-state index contributed by atoms with van der Waals surface area (Å²) in [7, 11) is 0. The molecule has 1 N–H and O–H groups in total. The van der Waals surface area contributed by atoms with Crippen LogP contribution in [-0.2, 0) is 6.54 Å². The molecule has 1 unspecified atom stereocenters. The Hall–Kier alpha value is -1.01. The number of thiazole rings is 1. The Morgan fingerprint density at radius 2 is 2.20 bits per heavy atom. The molecule has 20 heavy (non-hydrogen) atoms. The molecule has 0 aliphatic carbocycles. The second kappa shape index (κ2) is 7.13. The largest absolute Gasteiger partial charge is 0.314 e. The molecule has 4 nitrogen and oxygen atoms in total. The number of nitrogens with zero attached hydrogens (tertiary/aromatic N) is 3. The first-order chi connectivity index (χ1) is 9.33. The number of hydrogen-bond acceptors (Lipinski definition) is 5. The van der Waals surface area contributed by atoms with Crippen molar-refractivity contribution < 1.29 is 0 Å². The second-order valence-corrected chi connectivity index (χ2v) is 5.89. The summed E-state index contributed by atoms with van der Waals surface area (Å²) in [5.74, 6) is 0. The van der Waals surface area contributed by atoms with Gasteiger partial charge >= 0.3 is 0 Å². The van der Waals surface area contributed by atoms with E-state index in [2.05, 4.69) is 44.6 Å². The quantitative estimate of drug-likeness (QED) is 0.945. The van der Waals surface area contributed by atoms with Crippen molar-refractivity contribution in [3.05, 3.63) is 46.2 Å². The zero-order chi connectivity index (χ0) is 13.1. The third kappa shape index (κ3) is 3.55. The molecule has 1 atom stereocenters. The summed E-state index contributed by atoms with van der Waals surface area (Å²) in [6.45, 7) is 6.09. The molecule has 6 heteroatoms. The van der Waals surface area contributed by atoms with Gasteiger partial charge in [-0.3, -0.25) is 9.88 Å². The molecule has 0 spiro atoms. The molecular formula is C14H19ClN4S. The first kappa shape index (κ1) is 15.4. The first-order valence-electron chi connectivity index (χ1n) is 6.58. The minimum atomic E-state index is 0. The summed E-state index contributed by atoms with van der Waals surface area (Å²) in [5, 5.41) is 6.79. The lowest BCUT2D eigenvalue weighted by atomic mass is 10.0. The number of aromatic nitrogens is 2. The van der Waals surface area contributed by atoms with Gasteiger partial charge < -0.3 is 5.32 Å². The van der Waals surface area contributed by atoms with Crippen LogP contribution in [0.15, 0.2) is 29.9 Å². The number of aryl methyl sites for hydroxylation is 1. The van der Waals surface area contributed by atoms with Crippen molar-refractivity contribution in [2.45, 2.75) is 19.5 Å². The Bertz CT molecular complexity index is 531. The van der Waals surface area contributed by atoms with E-state index in [0.717, 1.165) is 31.2 Å². The van der Waals surface area contributed by atoms with Crippen LogP contribution in [0.1, 0.15) is 22.3 Å². The van der Waals surface area contributed by atoms with Crippen molar-refractivity contribution in [3.63, 3.8) is 0 Å². The van der Waals surface area contributed by atoms with Gasteiger partial charge in [0, 0.05) is 50.0 Å². The van der Waals surface area contributed by atoms with Crippen molar-refractivity contribution in [1.82, 2.24) is 20.2 Å². The average molecular weight is 311 g/mol. The molecule has 1 aliphatic heterocycles. The van der Waals surface area contributed by atoms with E-state index in [1.807, 2.05) is 12.4 Å². The molecule has 1 aliphatic rings. The lowest BCUT2D eigenvalue weighted by Crippen LogP contribution is -2.45. The monoisotopic (exact) mass is 310 g/mol. The molecule has 0 amide bonds. The van der Waals surface area contributed by atoms with Crippen molar-refractivity contribution in [2.24, 2.45) is 0 Å². The highest BCUT2D eigenvalue weighted by Crippen LogP contribution is 2.24. The summed E-state index contributed by atoms with van der Waals surface area (Å²) in [5.41, 5.74) is 2.51. The zero-order valence-corrected chi connectivity index (χ0v) is 13.1. The van der Waals surface area contributed by atoms with E-state index in [1.54, 1.807) is 11.3 Å². The average Bonchev–Trinajstić information content (AvgIpc) is 2.86. The van der Waals surface area contributed by atoms with Gasteiger partial charge in [-0.25, -0.2) is 4.98 Å². The summed E-state index contributed by atoms with van der Waals surface area (Å²) in [6, 6.07) is 4.63. The Morgan fingerprint density at radius 1 is 1.40 bits per heavy atom. The van der Waals surface area contributed by atoms with Gasteiger partial charge in [0.25, 0.3) is 0 Å². The van der Waals surface area contributed by atoms with E-state index in [-0.39, 0.29) is 12.4 Å². The minimum absolute atomic E-state index is 0. The minimum Gasteiger partial charge on any atom is -0.314 e. The van der Waals surface area contributed by atoms with Gasteiger partial charge in [0.15, 0.2) is 0 Å². The Kier molecular flexibility index (Phi) is 5.48. The fraction of sp³-hybridized carbons (Fsp3) is 0.429. The van der Waals surface area contributed by atoms with E-state index in [0.29, 0.717) is 6.04 Å². The van der Waals surface area contributed by atoms with Crippen LogP contribution in [0.4, 0.5) is 0 Å². The molecule has 0 aromatic carbocycles. The third-order valence-electron chi connectivity index (χ3n) is 3.48. The SMILES string of the molecule is Cc1nc(CN2CCNCC2c2ccncc2)cs1.Cl. The Labute approximate surface area is 129 Å². The third-order valence-corrected chi connectivity index (χ3v) is 4.30. The molecule has 0 bridgehead atoms. The second-order valence-electron chi connectivity index (χ2n) is 4.83. The van der Waals surface area contributed by atoms with Crippen LogP contribution in [0.2, 0.25) is 0 Å². The molecule has 2 aromatic heterocycles. The van der Waals surface area contributed by atoms with Gasteiger partial charge in [-0.15, -0.1) is 23.7 Å². The standard InChI is InChI=1S/C14H18N4S.ClH/c1-11-17-13(10-19-11)9-18-7-6-16-8-14(18)12-2-4-15-5-3-12;/h2-5,10,14,16H,6-9H2,1H3;1H. The van der Waals surface area contributed by atoms with Crippen LogP contribution >= 0.6 is 23.7 Å². The van der Waals surface area contributed by atoms with Crippen molar-refractivity contribution in [3.8, 4) is 0 Å². The van der Waals surface area contributed by atoms with Crippen molar-refractivity contribution >= 4 is 23.7 Å². The van der Waals surface area contributed by atoms with E-state index >= 15 is 0 Å². The number of piperazine rings is 1. The Morgan fingerprint density at radius 3 is 2.90 bits per heavy atom. The smallest absolute Gasteiger partial charge is 0.0897 e. The Balaban J connectivity index is 0.00000147. The fourth-order valence-electron chi connectivity index (χ4n) is 2.54. The molecule has 1 saturated heterocycles. The molecule has 3 heterocycles. The number of nitrogens with one attached hydrogen (secondary N) is 1. The van der Waals surface area contributed by atoms with Crippen LogP contribution < -0.4 is 5.32 Å². The summed E-state index contributed by atoms with van der Waals surface area (Å²) < 4.78 is 0. The summed E-state index contributed by atoms with van der Waals surface area (Å²) in [4.78, 5) is 11.2. The highest BCUT2D eigenvalue weighted by Gasteiger charge is 2.24. The fourth-order valence-corrected chi connectivity index (χ4v) is 3.14. The molecule has 3 rings (SSSR count). The molecule has 1 fully saturated rings. The van der Waals surface area contributed by atoms with Crippen LogP contribution in [-0.4, -0.2) is 34.5 Å². The number of rotatable bonds is 3. The highest BCUT2D eigenvalue weighted by atomic mass is 35.5. The molecule has 108 valence electrons. The van der Waals surface area contributed by atoms with Crippen LogP contribution in [0, 0.1) is 6.92 Å². The number of halogens is 1. The maximum Gasteiger partial charge on any atom is 0.0897 e. The van der Waals surface area contributed by atoms with Crippen LogP contribution in [0.5, 0.6) is 0 Å². The van der Waals surface area contributed by atoms with Gasteiger partial charge in [-0.2, -0.15) is 0 Å².